The lowest BCUT2D eigenvalue weighted by molar-refractivity contribution is -0.125. The molecule has 1 aromatic heterocycles. The van der Waals surface area contributed by atoms with Crippen molar-refractivity contribution in [1.29, 1.82) is 0 Å². The number of aliphatic hydroxyl groups excluding tert-OH is 1. The van der Waals surface area contributed by atoms with Crippen LogP contribution in [0.3, 0.4) is 0 Å². The summed E-state index contributed by atoms with van der Waals surface area (Å²) in [6.07, 6.45) is 2.88. The van der Waals surface area contributed by atoms with Crippen LogP contribution in [-0.4, -0.2) is 72.5 Å². The molecule has 2 heterocycles. The van der Waals surface area contributed by atoms with E-state index in [1.54, 1.807) is 19.2 Å². The first kappa shape index (κ1) is 30.7. The zero-order valence-electron chi connectivity index (χ0n) is 25.4. The zero-order valence-corrected chi connectivity index (χ0v) is 25.4. The molecule has 10 nitrogen and oxygen atoms in total. The van der Waals surface area contributed by atoms with Gasteiger partial charge in [0.25, 0.3) is 5.91 Å². The van der Waals surface area contributed by atoms with Crippen molar-refractivity contribution in [3.05, 3.63) is 78.4 Å². The highest BCUT2D eigenvalue weighted by Crippen LogP contribution is 2.42. The van der Waals surface area contributed by atoms with Gasteiger partial charge in [-0.15, -0.1) is 0 Å². The number of nitrogens with one attached hydrogen (secondary N) is 2. The number of aromatic nitrogens is 2. The summed E-state index contributed by atoms with van der Waals surface area (Å²) in [5.74, 6) is 1.74. The zero-order chi connectivity index (χ0) is 31.3. The molecule has 2 fully saturated rings. The number of nitrogens with zero attached hydrogens (tertiary/aromatic N) is 3. The van der Waals surface area contributed by atoms with E-state index >= 15 is 4.39 Å². The second-order valence-electron chi connectivity index (χ2n) is 11.9. The van der Waals surface area contributed by atoms with Crippen LogP contribution in [0.1, 0.15) is 18.4 Å². The van der Waals surface area contributed by atoms with Gasteiger partial charge in [-0.25, -0.2) is 14.4 Å². The van der Waals surface area contributed by atoms with Crippen LogP contribution in [-0.2, 0) is 11.2 Å². The van der Waals surface area contributed by atoms with Crippen LogP contribution < -0.4 is 24.8 Å². The number of benzene rings is 3. The fourth-order valence-electron chi connectivity index (χ4n) is 6.46. The van der Waals surface area contributed by atoms with Gasteiger partial charge in [-0.2, -0.15) is 0 Å². The van der Waals surface area contributed by atoms with Gasteiger partial charge in [-0.05, 0) is 67.8 Å². The molecule has 3 aromatic carbocycles. The standard InChI is InChI=1S/C34H38FN5O5/c1-40-17-23-12-22(13-24(23)18-40)19-44-31-16-28-26(15-30(31)43-2)34(38-20-37-28)45-29-9-8-25(14-27(29)35)39-33(42)32(41)36-11-10-21-6-4-3-5-7-21/h3-9,14-16,20,22-24,32,36,41H,10-13,17-19H2,1-2H3,(H,39,42)/t22?,23-,24+,32?. The van der Waals surface area contributed by atoms with Gasteiger partial charge in [0, 0.05) is 37.5 Å². The molecule has 0 spiro atoms. The van der Waals surface area contributed by atoms with Crippen LogP contribution >= 0.6 is 0 Å². The van der Waals surface area contributed by atoms with E-state index in [2.05, 4.69) is 32.5 Å². The number of carbonyl (C=O) groups excluding carboxylic acids is 1. The summed E-state index contributed by atoms with van der Waals surface area (Å²) in [5, 5.41) is 16.0. The van der Waals surface area contributed by atoms with Crippen molar-refractivity contribution in [2.24, 2.45) is 17.8 Å². The summed E-state index contributed by atoms with van der Waals surface area (Å²) in [6.45, 7) is 3.33. The van der Waals surface area contributed by atoms with Crippen LogP contribution in [0.25, 0.3) is 10.9 Å². The minimum Gasteiger partial charge on any atom is -0.493 e. The average Bonchev–Trinajstić information content (AvgIpc) is 3.58. The van der Waals surface area contributed by atoms with Crippen molar-refractivity contribution < 1.29 is 28.5 Å². The minimum atomic E-state index is -1.45. The third kappa shape index (κ3) is 7.33. The Morgan fingerprint density at radius 3 is 2.56 bits per heavy atom. The number of ether oxygens (including phenoxy) is 3. The van der Waals surface area contributed by atoms with Gasteiger partial charge in [0.05, 0.1) is 24.6 Å². The molecule has 0 radical (unpaired) electrons. The van der Waals surface area contributed by atoms with Crippen LogP contribution in [0.15, 0.2) is 67.0 Å². The molecule has 1 aliphatic heterocycles. The molecular weight excluding hydrogens is 577 g/mol. The van der Waals surface area contributed by atoms with Crippen molar-refractivity contribution in [3.63, 3.8) is 0 Å². The predicted molar refractivity (Wildman–Crippen MR) is 168 cm³/mol. The summed E-state index contributed by atoms with van der Waals surface area (Å²) in [6, 6.07) is 17.2. The summed E-state index contributed by atoms with van der Waals surface area (Å²) in [7, 11) is 3.75. The van der Waals surface area contributed by atoms with Crippen molar-refractivity contribution in [3.8, 4) is 23.1 Å². The topological polar surface area (TPSA) is 118 Å². The number of rotatable bonds is 12. The maximum Gasteiger partial charge on any atom is 0.268 e. The van der Waals surface area contributed by atoms with Gasteiger partial charge >= 0.3 is 0 Å². The number of likely N-dealkylation sites (tertiary alicyclic amines) is 1. The fourth-order valence-corrected chi connectivity index (χ4v) is 6.46. The number of hydrogen-bond donors (Lipinski definition) is 3. The molecule has 1 aliphatic carbocycles. The molecule has 2 unspecified atom stereocenters. The van der Waals surface area contributed by atoms with E-state index < -0.39 is 18.0 Å². The Hall–Kier alpha value is -4.32. The van der Waals surface area contributed by atoms with Gasteiger partial charge in [0.1, 0.15) is 6.33 Å². The number of aliphatic hydroxyl groups is 1. The van der Waals surface area contributed by atoms with Crippen LogP contribution in [0.4, 0.5) is 10.1 Å². The maximum atomic E-state index is 15.1. The van der Waals surface area contributed by atoms with Gasteiger partial charge in [0.2, 0.25) is 5.88 Å². The van der Waals surface area contributed by atoms with Crippen molar-refractivity contribution in [2.45, 2.75) is 25.5 Å². The predicted octanol–water partition coefficient (Wildman–Crippen LogP) is 4.63. The largest absolute Gasteiger partial charge is 0.493 e. The molecule has 45 heavy (non-hydrogen) atoms. The Kier molecular flexibility index (Phi) is 9.39. The molecule has 3 N–H and O–H groups in total. The SMILES string of the molecule is COc1cc2c(Oc3ccc(NC(=O)C(O)NCCc4ccccc4)cc3F)ncnc2cc1OCC1C[C@@H]2CN(C)C[C@@H]2C1. The van der Waals surface area contributed by atoms with Crippen molar-refractivity contribution in [1.82, 2.24) is 20.2 Å². The number of halogens is 1. The van der Waals surface area contributed by atoms with E-state index in [4.69, 9.17) is 14.2 Å². The highest BCUT2D eigenvalue weighted by atomic mass is 19.1. The smallest absolute Gasteiger partial charge is 0.268 e. The first-order valence-electron chi connectivity index (χ1n) is 15.2. The third-order valence-corrected chi connectivity index (χ3v) is 8.64. The molecule has 2 aliphatic rings. The van der Waals surface area contributed by atoms with Crippen LogP contribution in [0, 0.1) is 23.6 Å². The number of hydrogen-bond acceptors (Lipinski definition) is 9. The average molecular weight is 616 g/mol. The monoisotopic (exact) mass is 615 g/mol. The summed E-state index contributed by atoms with van der Waals surface area (Å²) in [4.78, 5) is 23.5. The normalized spacial score (nSPS) is 20.1. The summed E-state index contributed by atoms with van der Waals surface area (Å²) in [5.41, 5.74) is 1.81. The van der Waals surface area contributed by atoms with Gasteiger partial charge in [-0.1, -0.05) is 30.3 Å². The number of fused-ring (bicyclic) bond motifs is 2. The molecular formula is C34H38FN5O5. The molecule has 4 atom stereocenters. The van der Waals surface area contributed by atoms with Crippen molar-refractivity contribution >= 4 is 22.5 Å². The van der Waals surface area contributed by atoms with E-state index in [9.17, 15) is 9.90 Å². The van der Waals surface area contributed by atoms with Crippen LogP contribution in [0.5, 0.6) is 23.1 Å². The molecule has 0 bridgehead atoms. The highest BCUT2D eigenvalue weighted by molar-refractivity contribution is 5.93. The van der Waals surface area contributed by atoms with Crippen LogP contribution in [0.2, 0.25) is 0 Å². The van der Waals surface area contributed by atoms with E-state index in [0.29, 0.717) is 47.9 Å². The number of amides is 1. The third-order valence-electron chi connectivity index (χ3n) is 8.64. The number of carbonyl (C=O) groups is 1. The van der Waals surface area contributed by atoms with E-state index in [1.807, 2.05) is 30.3 Å². The molecule has 6 rings (SSSR count). The Labute approximate surface area is 261 Å². The van der Waals surface area contributed by atoms with E-state index in [-0.39, 0.29) is 17.3 Å². The number of methoxy groups -OCH3 is 1. The van der Waals surface area contributed by atoms with Gasteiger partial charge in [0.15, 0.2) is 29.3 Å². The lowest BCUT2D eigenvalue weighted by Gasteiger charge is -2.17. The summed E-state index contributed by atoms with van der Waals surface area (Å²) < 4.78 is 32.8. The van der Waals surface area contributed by atoms with E-state index in [0.717, 1.165) is 36.6 Å². The second-order valence-corrected chi connectivity index (χ2v) is 11.9. The number of anilines is 1. The Balaban J connectivity index is 1.07. The molecule has 236 valence electrons. The highest BCUT2D eigenvalue weighted by Gasteiger charge is 2.39. The van der Waals surface area contributed by atoms with Gasteiger partial charge in [-0.3, -0.25) is 10.1 Å². The minimum absolute atomic E-state index is 0.0914. The quantitative estimate of drug-likeness (QED) is 0.196. The van der Waals surface area contributed by atoms with E-state index in [1.165, 1.54) is 31.3 Å². The lowest BCUT2D eigenvalue weighted by Crippen LogP contribution is -2.41. The first-order valence-corrected chi connectivity index (χ1v) is 15.2. The molecule has 11 heteroatoms. The van der Waals surface area contributed by atoms with Gasteiger partial charge < -0.3 is 29.5 Å². The maximum absolute atomic E-state index is 15.1. The molecule has 1 saturated heterocycles. The Morgan fingerprint density at radius 1 is 1.04 bits per heavy atom. The molecule has 4 aromatic rings. The molecule has 1 saturated carbocycles. The molecule has 1 amide bonds. The Bertz CT molecular complexity index is 1630. The second kappa shape index (κ2) is 13.8. The van der Waals surface area contributed by atoms with Crippen molar-refractivity contribution in [2.75, 3.05) is 45.7 Å². The fraction of sp³-hybridized carbons (Fsp3) is 0.382. The summed E-state index contributed by atoms with van der Waals surface area (Å²) >= 11 is 0. The first-order chi connectivity index (χ1) is 21.9. The Morgan fingerprint density at radius 2 is 1.82 bits per heavy atom. The lowest BCUT2D eigenvalue weighted by atomic mass is 10.0.